The number of esters is 1. The van der Waals surface area contributed by atoms with Gasteiger partial charge in [0.1, 0.15) is 31.5 Å². The first-order chi connectivity index (χ1) is 30.8. The number of aromatic nitrogens is 2. The fourth-order valence-electron chi connectivity index (χ4n) is 8.14. The van der Waals surface area contributed by atoms with Crippen LogP contribution < -0.4 is 21.5 Å². The maximum absolute atomic E-state index is 14.8. The van der Waals surface area contributed by atoms with E-state index in [4.69, 9.17) is 14.5 Å². The minimum absolute atomic E-state index is 0.0219. The molecule has 346 valence electrons. The molecule has 0 spiro atoms. The molecule has 0 radical (unpaired) electrons. The van der Waals surface area contributed by atoms with Crippen LogP contribution in [0.5, 0.6) is 0 Å². The molecular weight excluding hydrogens is 848 g/mol. The van der Waals surface area contributed by atoms with Gasteiger partial charge in [-0.2, -0.15) is 0 Å². The zero-order valence-corrected chi connectivity index (χ0v) is 37.0. The minimum atomic E-state index is -2.04. The molecule has 0 unspecified atom stereocenters. The number of ketones is 2. The van der Waals surface area contributed by atoms with Crippen LogP contribution in [-0.4, -0.2) is 92.6 Å². The van der Waals surface area contributed by atoms with Crippen LogP contribution in [0.15, 0.2) is 35.1 Å². The van der Waals surface area contributed by atoms with E-state index in [0.717, 1.165) is 4.90 Å². The molecule has 0 saturated carbocycles. The van der Waals surface area contributed by atoms with Crippen LogP contribution in [0.3, 0.4) is 0 Å². The number of amides is 5. The van der Waals surface area contributed by atoms with E-state index in [9.17, 15) is 52.6 Å². The molecule has 4 N–H and O–H groups in total. The fraction of sp³-hybridized carbons (Fsp3) is 0.478. The van der Waals surface area contributed by atoms with Crippen LogP contribution in [0.1, 0.15) is 100 Å². The molecule has 18 nitrogen and oxygen atoms in total. The summed E-state index contributed by atoms with van der Waals surface area (Å²) < 4.78 is 26.8. The van der Waals surface area contributed by atoms with Crippen molar-refractivity contribution in [2.24, 2.45) is 11.8 Å². The molecule has 0 bridgehead atoms. The van der Waals surface area contributed by atoms with E-state index in [1.165, 1.54) is 36.6 Å². The van der Waals surface area contributed by atoms with Gasteiger partial charge in [0.2, 0.25) is 17.7 Å². The number of pyridine rings is 2. The van der Waals surface area contributed by atoms with E-state index in [-0.39, 0.29) is 92.9 Å². The minimum Gasteiger partial charge on any atom is -0.458 e. The van der Waals surface area contributed by atoms with Crippen molar-refractivity contribution in [3.8, 4) is 11.4 Å². The van der Waals surface area contributed by atoms with E-state index in [0.29, 0.717) is 52.7 Å². The van der Waals surface area contributed by atoms with Crippen LogP contribution in [0, 0.1) is 24.6 Å². The lowest BCUT2D eigenvalue weighted by molar-refractivity contribution is -0.172. The summed E-state index contributed by atoms with van der Waals surface area (Å²) in [6.45, 7) is 6.90. The van der Waals surface area contributed by atoms with Gasteiger partial charge < -0.3 is 35.1 Å². The van der Waals surface area contributed by atoms with Crippen molar-refractivity contribution < 1.29 is 57.3 Å². The Morgan fingerprint density at radius 2 is 1.65 bits per heavy atom. The molecule has 4 atom stereocenters. The second-order valence-corrected chi connectivity index (χ2v) is 16.9. The number of carbonyl (C=O) groups excluding carboxylic acids is 8. The molecule has 3 aliphatic heterocycles. The number of nitrogens with zero attached hydrogens (tertiary/aromatic N) is 3. The lowest BCUT2D eigenvalue weighted by atomic mass is 9.86. The maximum Gasteiger partial charge on any atom is 0.343 e. The molecule has 2 aromatic heterocycles. The molecular formula is C46H53FN6O12. The number of carbonyl (C=O) groups is 8. The number of nitrogens with one attached hydrogen (secondary N) is 3. The summed E-state index contributed by atoms with van der Waals surface area (Å²) in [4.78, 5) is 119. The highest BCUT2D eigenvalue weighted by Crippen LogP contribution is 2.40. The number of imide groups is 1. The SMILES string of the molecule is CC[C@@]1(O)C(=O)OCc2c1cc1n(c2=O)Cc2c-1nc1cc(F)c(C)cc1c2CNC(=O)COCNC(=O)[C@H](C)CC(=O)[C@H](C)NC(=O)[C@H](C)CC(=O)CCCCCN1C(=O)C=CC1=O. The van der Waals surface area contributed by atoms with E-state index < -0.39 is 70.9 Å². The first kappa shape index (κ1) is 48.0. The Kier molecular flexibility index (Phi) is 14.9. The summed E-state index contributed by atoms with van der Waals surface area (Å²) in [5.41, 5.74) is 0.146. The third-order valence-corrected chi connectivity index (χ3v) is 12.1. The quantitative estimate of drug-likeness (QED) is 0.0407. The second kappa shape index (κ2) is 20.1. The lowest BCUT2D eigenvalue weighted by Gasteiger charge is -2.31. The molecule has 0 saturated heterocycles. The Balaban J connectivity index is 0.951. The Bertz CT molecular complexity index is 2550. The van der Waals surface area contributed by atoms with Gasteiger partial charge in [-0.3, -0.25) is 43.3 Å². The summed E-state index contributed by atoms with van der Waals surface area (Å²) >= 11 is 0. The molecule has 3 aromatic rings. The molecule has 0 fully saturated rings. The zero-order chi connectivity index (χ0) is 47.3. The van der Waals surface area contributed by atoms with Crippen LogP contribution in [0.4, 0.5) is 4.39 Å². The molecule has 6 rings (SSSR count). The largest absolute Gasteiger partial charge is 0.458 e. The van der Waals surface area contributed by atoms with Crippen LogP contribution in [-0.2, 0) is 73.1 Å². The molecule has 3 aliphatic rings. The Morgan fingerprint density at radius 3 is 2.35 bits per heavy atom. The van der Waals surface area contributed by atoms with E-state index in [2.05, 4.69) is 16.0 Å². The number of fused-ring (bicyclic) bond motifs is 5. The number of ether oxygens (including phenoxy) is 2. The van der Waals surface area contributed by atoms with Crippen molar-refractivity contribution in [1.29, 1.82) is 0 Å². The van der Waals surface area contributed by atoms with Gasteiger partial charge in [0.25, 0.3) is 17.4 Å². The standard InChI is InChI=1S/C46H53FN6O12/c1-6-46(63)33-17-36-41-31(20-53(36)44(61)32(33)21-65-45(46)62)30(29-15-24(2)34(47)18-35(29)51-41)19-48-38(56)22-64-23-49-42(59)26(4)16-37(55)27(5)50-43(60)25(3)14-28(54)10-8-7-9-13-52-39(57)11-12-40(52)58/h11-12,15,17-18,25-27,63H,6-10,13-14,16,19-23H2,1-5H3,(H,48,56)(H,49,59)(H,50,60)/t25-,26-,27+,46+/m1/s1. The normalized spacial score (nSPS) is 17.5. The van der Waals surface area contributed by atoms with Crippen molar-refractivity contribution in [2.45, 2.75) is 111 Å². The number of hydrogen-bond acceptors (Lipinski definition) is 13. The summed E-state index contributed by atoms with van der Waals surface area (Å²) in [7, 11) is 0. The third-order valence-electron chi connectivity index (χ3n) is 12.1. The van der Waals surface area contributed by atoms with Gasteiger partial charge in [-0.05, 0) is 56.4 Å². The molecule has 65 heavy (non-hydrogen) atoms. The summed E-state index contributed by atoms with van der Waals surface area (Å²) in [5.74, 6) is -5.68. The number of benzene rings is 1. The highest BCUT2D eigenvalue weighted by Gasteiger charge is 2.45. The highest BCUT2D eigenvalue weighted by molar-refractivity contribution is 6.12. The molecule has 0 aliphatic carbocycles. The number of aryl methyl sites for hydroxylation is 1. The highest BCUT2D eigenvalue weighted by atomic mass is 19.1. The predicted molar refractivity (Wildman–Crippen MR) is 230 cm³/mol. The summed E-state index contributed by atoms with van der Waals surface area (Å²) in [6, 6.07) is 3.48. The topological polar surface area (TPSA) is 249 Å². The Hall–Kier alpha value is -6.47. The number of aliphatic hydroxyl groups is 1. The Morgan fingerprint density at radius 1 is 0.938 bits per heavy atom. The van der Waals surface area contributed by atoms with Gasteiger partial charge in [0.15, 0.2) is 11.4 Å². The molecule has 5 amide bonds. The number of halogens is 1. The van der Waals surface area contributed by atoms with Crippen molar-refractivity contribution in [3.05, 3.63) is 74.3 Å². The fourth-order valence-corrected chi connectivity index (χ4v) is 8.14. The van der Waals surface area contributed by atoms with Crippen molar-refractivity contribution >= 4 is 58.0 Å². The second-order valence-electron chi connectivity index (χ2n) is 16.9. The van der Waals surface area contributed by atoms with Crippen LogP contribution in [0.2, 0.25) is 0 Å². The average molecular weight is 901 g/mol. The van der Waals surface area contributed by atoms with Gasteiger partial charge >= 0.3 is 5.97 Å². The number of cyclic esters (lactones) is 1. The van der Waals surface area contributed by atoms with E-state index >= 15 is 0 Å². The maximum atomic E-state index is 14.8. The van der Waals surface area contributed by atoms with Crippen LogP contribution in [0.25, 0.3) is 22.3 Å². The smallest absolute Gasteiger partial charge is 0.343 e. The van der Waals surface area contributed by atoms with Crippen molar-refractivity contribution in [1.82, 2.24) is 30.4 Å². The first-order valence-electron chi connectivity index (χ1n) is 21.6. The summed E-state index contributed by atoms with van der Waals surface area (Å²) in [5, 5.41) is 19.7. The van der Waals surface area contributed by atoms with Crippen molar-refractivity contribution in [3.63, 3.8) is 0 Å². The van der Waals surface area contributed by atoms with Crippen LogP contribution >= 0.6 is 0 Å². The Labute approximate surface area is 373 Å². The lowest BCUT2D eigenvalue weighted by Crippen LogP contribution is -2.44. The zero-order valence-electron chi connectivity index (χ0n) is 37.0. The number of Topliss-reactive ketones (excluding diaryl/α,β-unsaturated/α-hetero) is 2. The predicted octanol–water partition coefficient (Wildman–Crippen LogP) is 2.41. The first-order valence-corrected chi connectivity index (χ1v) is 21.6. The molecule has 1 aromatic carbocycles. The third kappa shape index (κ3) is 10.4. The average Bonchev–Trinajstić information content (AvgIpc) is 3.80. The monoisotopic (exact) mass is 900 g/mol. The van der Waals surface area contributed by atoms with Gasteiger partial charge in [-0.25, -0.2) is 14.2 Å². The van der Waals surface area contributed by atoms with Gasteiger partial charge in [-0.15, -0.1) is 0 Å². The van der Waals surface area contributed by atoms with E-state index in [1.807, 2.05) is 0 Å². The molecule has 5 heterocycles. The number of hydrogen-bond donors (Lipinski definition) is 4. The molecule has 19 heteroatoms. The van der Waals surface area contributed by atoms with Gasteiger partial charge in [0.05, 0.1) is 35.1 Å². The van der Waals surface area contributed by atoms with Gasteiger partial charge in [-0.1, -0.05) is 27.2 Å². The summed E-state index contributed by atoms with van der Waals surface area (Å²) in [6.07, 6.45) is 4.13. The number of rotatable bonds is 21. The van der Waals surface area contributed by atoms with E-state index in [1.54, 1.807) is 32.9 Å². The van der Waals surface area contributed by atoms with Gasteiger partial charge in [0, 0.05) is 78.9 Å². The number of unbranched alkanes of at least 4 members (excludes halogenated alkanes) is 2. The van der Waals surface area contributed by atoms with Crippen molar-refractivity contribution in [2.75, 3.05) is 19.9 Å².